The normalized spacial score (nSPS) is 13.4. The van der Waals surface area contributed by atoms with Crippen LogP contribution in [0.5, 0.6) is 0 Å². The van der Waals surface area contributed by atoms with Gasteiger partial charge in [0, 0.05) is 0 Å². The van der Waals surface area contributed by atoms with E-state index < -0.39 is 11.1 Å². The predicted molar refractivity (Wildman–Crippen MR) is 44.3 cm³/mol. The van der Waals surface area contributed by atoms with E-state index in [4.69, 9.17) is 4.55 Å². The van der Waals surface area contributed by atoms with Crippen molar-refractivity contribution in [2.75, 3.05) is 0 Å². The van der Waals surface area contributed by atoms with E-state index in [-0.39, 0.29) is 5.75 Å². The number of thiazole rings is 1. The molecule has 10 heavy (non-hydrogen) atoms. The lowest BCUT2D eigenvalue weighted by atomic mass is 10.6. The molecule has 0 aliphatic carbocycles. The predicted octanol–water partition coefficient (Wildman–Crippen LogP) is 1.63. The number of rotatable bonds is 2. The number of nitrogens with zero attached hydrogens (tertiary/aromatic N) is 1. The Hall–Kier alpha value is 0.220. The van der Waals surface area contributed by atoms with Crippen molar-refractivity contribution in [1.29, 1.82) is 0 Å². The average molecular weight is 242 g/mol. The second kappa shape index (κ2) is 3.56. The van der Waals surface area contributed by atoms with E-state index >= 15 is 0 Å². The molecule has 1 aromatic heterocycles. The van der Waals surface area contributed by atoms with Gasteiger partial charge in [-0.2, -0.15) is 0 Å². The van der Waals surface area contributed by atoms with Crippen molar-refractivity contribution in [2.24, 2.45) is 0 Å². The minimum Gasteiger partial charge on any atom is -0.306 e. The van der Waals surface area contributed by atoms with Crippen molar-refractivity contribution in [3.63, 3.8) is 0 Å². The second-order valence-corrected chi connectivity index (χ2v) is 4.64. The summed E-state index contributed by atoms with van der Waals surface area (Å²) in [5.74, 6) is 0.101. The van der Waals surface area contributed by atoms with Gasteiger partial charge in [0.2, 0.25) is 0 Å². The van der Waals surface area contributed by atoms with Gasteiger partial charge in [0.25, 0.3) is 0 Å². The van der Waals surface area contributed by atoms with Crippen molar-refractivity contribution in [3.8, 4) is 0 Å². The van der Waals surface area contributed by atoms with E-state index in [0.29, 0.717) is 5.69 Å². The van der Waals surface area contributed by atoms with E-state index in [2.05, 4.69) is 20.9 Å². The molecule has 6 heteroatoms. The van der Waals surface area contributed by atoms with Gasteiger partial charge in [-0.1, -0.05) is 0 Å². The van der Waals surface area contributed by atoms with E-state index in [1.54, 1.807) is 5.51 Å². The third-order valence-corrected chi connectivity index (χ3v) is 3.04. The number of hydrogen-bond acceptors (Lipinski definition) is 3. The fraction of sp³-hybridized carbons (Fsp3) is 0.250. The maximum Gasteiger partial charge on any atom is 0.159 e. The largest absolute Gasteiger partial charge is 0.306 e. The highest BCUT2D eigenvalue weighted by molar-refractivity contribution is 9.11. The van der Waals surface area contributed by atoms with E-state index in [0.717, 1.165) is 3.79 Å². The van der Waals surface area contributed by atoms with Crippen LogP contribution in [0, 0.1) is 0 Å². The molecule has 1 N–H and O–H groups in total. The van der Waals surface area contributed by atoms with Crippen molar-refractivity contribution >= 4 is 38.3 Å². The van der Waals surface area contributed by atoms with Crippen molar-refractivity contribution in [3.05, 3.63) is 15.0 Å². The molecule has 0 radical (unpaired) electrons. The van der Waals surface area contributed by atoms with Gasteiger partial charge in [-0.05, 0) is 15.9 Å². The maximum absolute atomic E-state index is 10.3. The van der Waals surface area contributed by atoms with Crippen molar-refractivity contribution in [1.82, 2.24) is 4.98 Å². The topological polar surface area (TPSA) is 50.2 Å². The Morgan fingerprint density at radius 1 is 1.90 bits per heavy atom. The first-order valence-corrected chi connectivity index (χ1v) is 5.30. The minimum absolute atomic E-state index is 0.101. The van der Waals surface area contributed by atoms with Gasteiger partial charge in [-0.3, -0.25) is 0 Å². The lowest BCUT2D eigenvalue weighted by molar-refractivity contribution is 0.563. The highest BCUT2D eigenvalue weighted by atomic mass is 79.9. The molecule has 56 valence electrons. The molecule has 0 aliphatic rings. The van der Waals surface area contributed by atoms with Crippen LogP contribution in [-0.4, -0.2) is 13.7 Å². The molecule has 1 aromatic rings. The van der Waals surface area contributed by atoms with Gasteiger partial charge in [-0.15, -0.1) is 11.3 Å². The quantitative estimate of drug-likeness (QED) is 0.802. The van der Waals surface area contributed by atoms with Crippen LogP contribution in [0.4, 0.5) is 0 Å². The van der Waals surface area contributed by atoms with E-state index in [1.807, 2.05) is 0 Å². The molecule has 0 fully saturated rings. The van der Waals surface area contributed by atoms with Gasteiger partial charge in [-0.25, -0.2) is 9.19 Å². The van der Waals surface area contributed by atoms with Crippen LogP contribution in [0.15, 0.2) is 9.30 Å². The fourth-order valence-corrected chi connectivity index (χ4v) is 2.22. The van der Waals surface area contributed by atoms with Crippen LogP contribution >= 0.6 is 27.3 Å². The summed E-state index contributed by atoms with van der Waals surface area (Å²) in [6.07, 6.45) is 0. The molecule has 0 aliphatic heterocycles. The smallest absolute Gasteiger partial charge is 0.159 e. The van der Waals surface area contributed by atoms with Crippen LogP contribution < -0.4 is 0 Å². The molecule has 0 amide bonds. The Kier molecular flexibility index (Phi) is 2.96. The van der Waals surface area contributed by atoms with E-state index in [9.17, 15) is 4.21 Å². The summed E-state index contributed by atoms with van der Waals surface area (Å²) in [5.41, 5.74) is 2.28. The van der Waals surface area contributed by atoms with E-state index in [1.165, 1.54) is 11.3 Å². The van der Waals surface area contributed by atoms with Gasteiger partial charge in [0.05, 0.1) is 20.7 Å². The number of halogens is 1. The monoisotopic (exact) mass is 241 g/mol. The molecule has 1 rings (SSSR count). The zero-order valence-corrected chi connectivity index (χ0v) is 8.00. The summed E-state index contributed by atoms with van der Waals surface area (Å²) in [5, 5.41) is 0. The van der Waals surface area contributed by atoms with Crippen LogP contribution in [0.25, 0.3) is 0 Å². The summed E-state index contributed by atoms with van der Waals surface area (Å²) < 4.78 is 19.6. The first kappa shape index (κ1) is 8.32. The van der Waals surface area contributed by atoms with Crippen LogP contribution in [0.3, 0.4) is 0 Å². The molecule has 0 saturated carbocycles. The molecule has 0 spiro atoms. The Labute approximate surface area is 72.9 Å². The van der Waals surface area contributed by atoms with Crippen LogP contribution in [-0.2, 0) is 16.8 Å². The highest BCUT2D eigenvalue weighted by Gasteiger charge is 2.04. The lowest BCUT2D eigenvalue weighted by Gasteiger charge is -1.89. The van der Waals surface area contributed by atoms with Crippen LogP contribution in [0.2, 0.25) is 0 Å². The molecule has 1 unspecified atom stereocenters. The highest BCUT2D eigenvalue weighted by Crippen LogP contribution is 2.21. The third kappa shape index (κ3) is 2.12. The second-order valence-electron chi connectivity index (χ2n) is 1.54. The molecule has 0 bridgehead atoms. The summed E-state index contributed by atoms with van der Waals surface area (Å²) in [6, 6.07) is 0. The standard InChI is InChI=1S/C4H4BrNO2S2/c5-4-3(1-10(7)8)6-2-9-4/h2H,1H2,(H,7,8). The Morgan fingerprint density at radius 2 is 2.60 bits per heavy atom. The van der Waals surface area contributed by atoms with Gasteiger partial charge in [0.1, 0.15) is 0 Å². The van der Waals surface area contributed by atoms with Crippen molar-refractivity contribution in [2.45, 2.75) is 5.75 Å². The molecule has 0 saturated heterocycles. The number of hydrogen-bond donors (Lipinski definition) is 1. The average Bonchev–Trinajstić information content (AvgIpc) is 2.15. The molecular formula is C4H4BrNO2S2. The molecule has 3 nitrogen and oxygen atoms in total. The molecular weight excluding hydrogens is 238 g/mol. The third-order valence-electron chi connectivity index (χ3n) is 0.852. The Balaban J connectivity index is 2.74. The Bertz CT molecular complexity index is 249. The summed E-state index contributed by atoms with van der Waals surface area (Å²) in [4.78, 5) is 3.87. The maximum atomic E-state index is 10.3. The lowest BCUT2D eigenvalue weighted by Crippen LogP contribution is -1.92. The zero-order valence-electron chi connectivity index (χ0n) is 4.78. The van der Waals surface area contributed by atoms with Gasteiger partial charge < -0.3 is 4.55 Å². The number of aromatic nitrogens is 1. The summed E-state index contributed by atoms with van der Waals surface area (Å²) in [7, 11) is 0. The van der Waals surface area contributed by atoms with Gasteiger partial charge >= 0.3 is 0 Å². The molecule has 1 heterocycles. The SMILES string of the molecule is O=S(O)Cc1ncsc1Br. The van der Waals surface area contributed by atoms with Gasteiger partial charge in [0.15, 0.2) is 11.1 Å². The summed E-state index contributed by atoms with van der Waals surface area (Å²) in [6.45, 7) is 0. The first-order valence-electron chi connectivity index (χ1n) is 2.35. The minimum atomic E-state index is -1.79. The van der Waals surface area contributed by atoms with Crippen LogP contribution in [0.1, 0.15) is 5.69 Å². The first-order chi connectivity index (χ1) is 4.70. The zero-order chi connectivity index (χ0) is 7.56. The van der Waals surface area contributed by atoms with Crippen molar-refractivity contribution < 1.29 is 8.76 Å². The molecule has 0 aromatic carbocycles. The Morgan fingerprint density at radius 3 is 3.00 bits per heavy atom. The molecule has 1 atom stereocenters. The summed E-state index contributed by atoms with van der Waals surface area (Å²) >= 11 is 2.82. The fourth-order valence-electron chi connectivity index (χ4n) is 0.466.